The molecule has 82 valence electrons. The highest BCUT2D eigenvalue weighted by Gasteiger charge is 2.04. The summed E-state index contributed by atoms with van der Waals surface area (Å²) in [6.45, 7) is 4.37. The van der Waals surface area contributed by atoms with E-state index in [4.69, 9.17) is 0 Å². The number of hydrogen-bond acceptors (Lipinski definition) is 2. The van der Waals surface area contributed by atoms with Crippen LogP contribution in [0.25, 0.3) is 0 Å². The lowest BCUT2D eigenvalue weighted by atomic mass is 10.0. The highest BCUT2D eigenvalue weighted by molar-refractivity contribution is 5.72. The Morgan fingerprint density at radius 2 is 2.00 bits per heavy atom. The first-order valence-corrected chi connectivity index (χ1v) is 5.26. The molecular weight excluding hydrogens is 188 g/mol. The largest absolute Gasteiger partial charge is 0.469 e. The molecule has 0 aliphatic rings. The summed E-state index contributed by atoms with van der Waals surface area (Å²) in [4.78, 5) is 11.1. The quantitative estimate of drug-likeness (QED) is 0.708. The molecule has 0 fully saturated rings. The fourth-order valence-electron chi connectivity index (χ4n) is 1.58. The van der Waals surface area contributed by atoms with Gasteiger partial charge in [-0.15, -0.1) is 0 Å². The van der Waals surface area contributed by atoms with Crippen LogP contribution in [0.4, 0.5) is 0 Å². The summed E-state index contributed by atoms with van der Waals surface area (Å²) in [5.74, 6) is 0.454. The van der Waals surface area contributed by atoms with E-state index < -0.39 is 0 Å². The Morgan fingerprint density at radius 3 is 2.60 bits per heavy atom. The van der Waals surface area contributed by atoms with Crippen molar-refractivity contribution in [2.45, 2.75) is 26.7 Å². The third kappa shape index (κ3) is 4.15. The molecule has 0 saturated carbocycles. The third-order valence-electron chi connectivity index (χ3n) is 2.21. The lowest BCUT2D eigenvalue weighted by Gasteiger charge is -2.06. The maximum absolute atomic E-state index is 11.1. The van der Waals surface area contributed by atoms with E-state index in [2.05, 4.69) is 30.7 Å². The predicted molar refractivity (Wildman–Crippen MR) is 60.7 cm³/mol. The van der Waals surface area contributed by atoms with Crippen LogP contribution in [-0.4, -0.2) is 13.1 Å². The molecule has 0 radical (unpaired) electrons. The molecule has 0 aromatic heterocycles. The molecule has 1 aromatic rings. The van der Waals surface area contributed by atoms with Crippen LogP contribution >= 0.6 is 0 Å². The van der Waals surface area contributed by atoms with Gasteiger partial charge in [-0.2, -0.15) is 0 Å². The number of ether oxygens (including phenoxy) is 1. The van der Waals surface area contributed by atoms with Crippen LogP contribution in [0.15, 0.2) is 24.3 Å². The zero-order valence-corrected chi connectivity index (χ0v) is 9.62. The maximum atomic E-state index is 11.1. The van der Waals surface area contributed by atoms with E-state index in [-0.39, 0.29) is 5.97 Å². The molecule has 1 rings (SSSR count). The predicted octanol–water partition coefficient (Wildman–Crippen LogP) is 2.60. The van der Waals surface area contributed by atoms with Crippen molar-refractivity contribution in [3.05, 3.63) is 35.4 Å². The van der Waals surface area contributed by atoms with E-state index >= 15 is 0 Å². The molecule has 0 aliphatic carbocycles. The average Bonchev–Trinajstić information content (AvgIpc) is 2.17. The van der Waals surface area contributed by atoms with Gasteiger partial charge in [0, 0.05) is 0 Å². The lowest BCUT2D eigenvalue weighted by molar-refractivity contribution is -0.139. The van der Waals surface area contributed by atoms with Gasteiger partial charge in [-0.1, -0.05) is 38.1 Å². The molecule has 1 aromatic carbocycles. The second-order valence-electron chi connectivity index (χ2n) is 4.17. The Bertz CT molecular complexity index is 329. The van der Waals surface area contributed by atoms with Gasteiger partial charge in [-0.3, -0.25) is 4.79 Å². The van der Waals surface area contributed by atoms with Crippen molar-refractivity contribution in [2.75, 3.05) is 7.11 Å². The summed E-state index contributed by atoms with van der Waals surface area (Å²) in [7, 11) is 1.42. The maximum Gasteiger partial charge on any atom is 0.309 e. The van der Waals surface area contributed by atoms with Gasteiger partial charge in [0.2, 0.25) is 0 Å². The van der Waals surface area contributed by atoms with E-state index in [1.54, 1.807) is 0 Å². The molecule has 0 unspecified atom stereocenters. The molecule has 0 heterocycles. The zero-order chi connectivity index (χ0) is 11.3. The second-order valence-corrected chi connectivity index (χ2v) is 4.17. The Labute approximate surface area is 91.3 Å². The average molecular weight is 206 g/mol. The van der Waals surface area contributed by atoms with Gasteiger partial charge in [-0.05, 0) is 23.5 Å². The van der Waals surface area contributed by atoms with Crippen molar-refractivity contribution in [3.8, 4) is 0 Å². The van der Waals surface area contributed by atoms with Gasteiger partial charge in [0.1, 0.15) is 0 Å². The number of hydrogen-bond donors (Lipinski definition) is 0. The van der Waals surface area contributed by atoms with E-state index in [1.807, 2.05) is 12.1 Å². The van der Waals surface area contributed by atoms with Crippen molar-refractivity contribution in [1.29, 1.82) is 0 Å². The number of rotatable bonds is 4. The minimum atomic E-state index is -0.184. The number of carbonyl (C=O) groups is 1. The molecule has 15 heavy (non-hydrogen) atoms. The summed E-state index contributed by atoms with van der Waals surface area (Å²) < 4.78 is 4.64. The van der Waals surface area contributed by atoms with Crippen LogP contribution in [0.2, 0.25) is 0 Å². The highest BCUT2D eigenvalue weighted by Crippen LogP contribution is 2.11. The smallest absolute Gasteiger partial charge is 0.309 e. The molecule has 0 amide bonds. The highest BCUT2D eigenvalue weighted by atomic mass is 16.5. The minimum absolute atomic E-state index is 0.184. The van der Waals surface area contributed by atoms with Gasteiger partial charge >= 0.3 is 5.97 Å². The Balaban J connectivity index is 2.69. The zero-order valence-electron chi connectivity index (χ0n) is 9.62. The molecule has 2 heteroatoms. The fraction of sp³-hybridized carbons (Fsp3) is 0.462. The fourth-order valence-corrected chi connectivity index (χ4v) is 1.58. The van der Waals surface area contributed by atoms with E-state index in [0.717, 1.165) is 12.0 Å². The van der Waals surface area contributed by atoms with Crippen LogP contribution < -0.4 is 0 Å². The molecule has 0 saturated heterocycles. The minimum Gasteiger partial charge on any atom is -0.469 e. The topological polar surface area (TPSA) is 26.3 Å². The van der Waals surface area contributed by atoms with Gasteiger partial charge in [0.05, 0.1) is 13.5 Å². The summed E-state index contributed by atoms with van der Waals surface area (Å²) in [5, 5.41) is 0. The van der Waals surface area contributed by atoms with Gasteiger partial charge < -0.3 is 4.74 Å². The molecule has 0 aliphatic heterocycles. The van der Waals surface area contributed by atoms with Crippen LogP contribution in [0.3, 0.4) is 0 Å². The summed E-state index contributed by atoms with van der Waals surface area (Å²) in [5.41, 5.74) is 2.31. The number of methoxy groups -OCH3 is 1. The molecule has 0 N–H and O–H groups in total. The van der Waals surface area contributed by atoms with E-state index in [1.165, 1.54) is 12.7 Å². The third-order valence-corrected chi connectivity index (χ3v) is 2.21. The van der Waals surface area contributed by atoms with Gasteiger partial charge in [0.25, 0.3) is 0 Å². The molecule has 0 spiro atoms. The van der Waals surface area contributed by atoms with Crippen LogP contribution in [0.1, 0.15) is 25.0 Å². The van der Waals surface area contributed by atoms with Crippen molar-refractivity contribution in [2.24, 2.45) is 5.92 Å². The van der Waals surface area contributed by atoms with Crippen molar-refractivity contribution < 1.29 is 9.53 Å². The van der Waals surface area contributed by atoms with Crippen molar-refractivity contribution in [3.63, 3.8) is 0 Å². The van der Waals surface area contributed by atoms with Crippen LogP contribution in [-0.2, 0) is 22.4 Å². The first-order chi connectivity index (χ1) is 7.11. The SMILES string of the molecule is COC(=O)Cc1cccc(CC(C)C)c1. The standard InChI is InChI=1S/C13H18O2/c1-10(2)7-11-5-4-6-12(8-11)9-13(14)15-3/h4-6,8,10H,7,9H2,1-3H3. The summed E-state index contributed by atoms with van der Waals surface area (Å²) in [6.07, 6.45) is 1.41. The lowest BCUT2D eigenvalue weighted by Crippen LogP contribution is -2.05. The molecule has 0 bridgehead atoms. The van der Waals surface area contributed by atoms with Crippen molar-refractivity contribution in [1.82, 2.24) is 0 Å². The van der Waals surface area contributed by atoms with Crippen LogP contribution in [0.5, 0.6) is 0 Å². The molecule has 2 nitrogen and oxygen atoms in total. The summed E-state index contributed by atoms with van der Waals surface area (Å²) in [6, 6.07) is 8.13. The number of benzene rings is 1. The van der Waals surface area contributed by atoms with Crippen molar-refractivity contribution >= 4 is 5.97 Å². The normalized spacial score (nSPS) is 10.4. The second kappa shape index (κ2) is 5.54. The summed E-state index contributed by atoms with van der Waals surface area (Å²) >= 11 is 0. The van der Waals surface area contributed by atoms with Crippen LogP contribution in [0, 0.1) is 5.92 Å². The molecule has 0 atom stereocenters. The first kappa shape index (κ1) is 11.8. The first-order valence-electron chi connectivity index (χ1n) is 5.26. The monoisotopic (exact) mass is 206 g/mol. The number of esters is 1. The molecular formula is C13H18O2. The Morgan fingerprint density at radius 1 is 1.33 bits per heavy atom. The van der Waals surface area contributed by atoms with E-state index in [9.17, 15) is 4.79 Å². The Kier molecular flexibility index (Phi) is 4.35. The van der Waals surface area contributed by atoms with Gasteiger partial charge in [-0.25, -0.2) is 0 Å². The number of carbonyl (C=O) groups excluding carboxylic acids is 1. The van der Waals surface area contributed by atoms with Gasteiger partial charge in [0.15, 0.2) is 0 Å². The Hall–Kier alpha value is -1.31. The van der Waals surface area contributed by atoms with E-state index in [0.29, 0.717) is 12.3 Å².